The molecular formula is C20H17ClFNO2. The van der Waals surface area contributed by atoms with E-state index in [1.807, 2.05) is 6.07 Å². The normalized spacial score (nSPS) is 23.6. The van der Waals surface area contributed by atoms with E-state index in [0.717, 1.165) is 23.2 Å². The Kier molecular flexibility index (Phi) is 4.00. The first-order chi connectivity index (χ1) is 12.1. The van der Waals surface area contributed by atoms with Crippen LogP contribution in [-0.2, 0) is 4.74 Å². The van der Waals surface area contributed by atoms with Gasteiger partial charge >= 0.3 is 5.97 Å². The molecule has 1 aliphatic carbocycles. The summed E-state index contributed by atoms with van der Waals surface area (Å²) in [6.07, 6.45) is 5.07. The summed E-state index contributed by atoms with van der Waals surface area (Å²) < 4.78 is 18.7. The van der Waals surface area contributed by atoms with Crippen molar-refractivity contribution < 1.29 is 13.9 Å². The summed E-state index contributed by atoms with van der Waals surface area (Å²) in [5.74, 6) is -0.409. The number of hydrogen-bond donors (Lipinski definition) is 1. The van der Waals surface area contributed by atoms with E-state index >= 15 is 0 Å². The van der Waals surface area contributed by atoms with Crippen molar-refractivity contribution in [2.45, 2.75) is 18.4 Å². The maximum absolute atomic E-state index is 13.7. The number of benzene rings is 2. The number of anilines is 1. The predicted molar refractivity (Wildman–Crippen MR) is 95.5 cm³/mol. The molecule has 0 aromatic heterocycles. The third-order valence-corrected chi connectivity index (χ3v) is 5.40. The minimum absolute atomic E-state index is 0.0392. The number of halogens is 2. The van der Waals surface area contributed by atoms with Crippen molar-refractivity contribution >= 4 is 23.3 Å². The molecule has 5 heteroatoms. The van der Waals surface area contributed by atoms with E-state index in [1.54, 1.807) is 24.3 Å². The molecule has 0 fully saturated rings. The van der Waals surface area contributed by atoms with Gasteiger partial charge in [-0.05, 0) is 47.7 Å². The van der Waals surface area contributed by atoms with Crippen LogP contribution in [0.25, 0.3) is 0 Å². The van der Waals surface area contributed by atoms with Crippen molar-refractivity contribution in [1.82, 2.24) is 0 Å². The monoisotopic (exact) mass is 357 g/mol. The van der Waals surface area contributed by atoms with E-state index < -0.39 is 0 Å². The smallest absolute Gasteiger partial charge is 0.338 e. The van der Waals surface area contributed by atoms with E-state index in [9.17, 15) is 9.18 Å². The van der Waals surface area contributed by atoms with Gasteiger partial charge in [-0.1, -0.05) is 35.9 Å². The lowest BCUT2D eigenvalue weighted by atomic mass is 9.75. The van der Waals surface area contributed by atoms with Gasteiger partial charge in [0.25, 0.3) is 0 Å². The molecule has 2 aliphatic rings. The molecule has 0 amide bonds. The summed E-state index contributed by atoms with van der Waals surface area (Å²) in [6, 6.07) is 9.95. The molecule has 4 rings (SSSR count). The number of fused-ring (bicyclic) bond motifs is 3. The van der Waals surface area contributed by atoms with Gasteiger partial charge in [-0.2, -0.15) is 0 Å². The van der Waals surface area contributed by atoms with Gasteiger partial charge in [0.1, 0.15) is 5.82 Å². The lowest BCUT2D eigenvalue weighted by Crippen LogP contribution is -2.30. The van der Waals surface area contributed by atoms with E-state index in [2.05, 4.69) is 17.5 Å². The number of methoxy groups -OCH3 is 1. The van der Waals surface area contributed by atoms with Crippen molar-refractivity contribution in [2.75, 3.05) is 12.4 Å². The summed E-state index contributed by atoms with van der Waals surface area (Å²) in [5.41, 5.74) is 3.00. The molecule has 0 bridgehead atoms. The molecule has 0 unspecified atom stereocenters. The molecule has 3 nitrogen and oxygen atoms in total. The van der Waals surface area contributed by atoms with Crippen molar-refractivity contribution in [2.24, 2.45) is 5.92 Å². The number of ether oxygens (including phenoxy) is 1. The molecule has 1 N–H and O–H groups in total. The van der Waals surface area contributed by atoms with Gasteiger partial charge in [0, 0.05) is 5.92 Å². The fourth-order valence-corrected chi connectivity index (χ4v) is 4.21. The topological polar surface area (TPSA) is 38.3 Å². The van der Waals surface area contributed by atoms with Crippen LogP contribution in [0, 0.1) is 11.7 Å². The van der Waals surface area contributed by atoms with E-state index in [0.29, 0.717) is 10.6 Å². The first-order valence-electron chi connectivity index (χ1n) is 8.19. The van der Waals surface area contributed by atoms with Gasteiger partial charge in [-0.15, -0.1) is 0 Å². The van der Waals surface area contributed by atoms with E-state index in [4.69, 9.17) is 16.3 Å². The van der Waals surface area contributed by atoms with Crippen LogP contribution in [-0.4, -0.2) is 13.1 Å². The fourth-order valence-electron chi connectivity index (χ4n) is 3.99. The average molecular weight is 358 g/mol. The molecule has 0 spiro atoms. The van der Waals surface area contributed by atoms with E-state index in [1.165, 1.54) is 13.2 Å². The van der Waals surface area contributed by atoms with Crippen molar-refractivity contribution in [3.05, 3.63) is 76.1 Å². The Morgan fingerprint density at radius 2 is 2.16 bits per heavy atom. The largest absolute Gasteiger partial charge is 0.465 e. The summed E-state index contributed by atoms with van der Waals surface area (Å²) in [6.45, 7) is 0. The van der Waals surface area contributed by atoms with Crippen LogP contribution in [0.2, 0.25) is 5.02 Å². The van der Waals surface area contributed by atoms with Crippen LogP contribution in [0.5, 0.6) is 0 Å². The Morgan fingerprint density at radius 1 is 1.32 bits per heavy atom. The minimum Gasteiger partial charge on any atom is -0.465 e. The van der Waals surface area contributed by atoms with Crippen LogP contribution in [0.4, 0.5) is 10.1 Å². The quantitative estimate of drug-likeness (QED) is 0.600. The SMILES string of the molecule is COC(=O)c1ccc(Cl)c2c1[C@H]1C=CC[C@@H]1[C@H](c1cccc(F)c1)N2. The number of esters is 1. The zero-order valence-corrected chi connectivity index (χ0v) is 14.4. The molecular weight excluding hydrogens is 341 g/mol. The Morgan fingerprint density at radius 3 is 2.92 bits per heavy atom. The van der Waals surface area contributed by atoms with Crippen LogP contribution in [0.15, 0.2) is 48.6 Å². The lowest BCUT2D eigenvalue weighted by molar-refractivity contribution is 0.0598. The highest BCUT2D eigenvalue weighted by atomic mass is 35.5. The molecule has 25 heavy (non-hydrogen) atoms. The Hall–Kier alpha value is -2.33. The van der Waals surface area contributed by atoms with Gasteiger partial charge in [-0.3, -0.25) is 0 Å². The highest BCUT2D eigenvalue weighted by Gasteiger charge is 2.41. The van der Waals surface area contributed by atoms with Crippen LogP contribution in [0.3, 0.4) is 0 Å². The molecule has 128 valence electrons. The second-order valence-corrected chi connectivity index (χ2v) is 6.81. The van der Waals surface area contributed by atoms with Crippen LogP contribution >= 0.6 is 11.6 Å². The van der Waals surface area contributed by atoms with Gasteiger partial charge in [0.15, 0.2) is 0 Å². The summed E-state index contributed by atoms with van der Waals surface area (Å²) in [5, 5.41) is 4.00. The van der Waals surface area contributed by atoms with Crippen LogP contribution < -0.4 is 5.32 Å². The second kappa shape index (κ2) is 6.19. The number of nitrogens with one attached hydrogen (secondary N) is 1. The zero-order valence-electron chi connectivity index (χ0n) is 13.6. The highest BCUT2D eigenvalue weighted by Crippen LogP contribution is 2.52. The Bertz CT molecular complexity index is 880. The second-order valence-electron chi connectivity index (χ2n) is 6.41. The molecule has 1 heterocycles. The van der Waals surface area contributed by atoms with Crippen molar-refractivity contribution in [3.8, 4) is 0 Å². The molecule has 3 atom stereocenters. The van der Waals surface area contributed by atoms with Crippen LogP contribution in [0.1, 0.15) is 39.9 Å². The molecule has 1 aliphatic heterocycles. The Balaban J connectivity index is 1.87. The molecule has 2 aromatic rings. The summed E-state index contributed by atoms with van der Waals surface area (Å²) in [4.78, 5) is 12.2. The highest BCUT2D eigenvalue weighted by molar-refractivity contribution is 6.33. The first kappa shape index (κ1) is 16.2. The average Bonchev–Trinajstić information content (AvgIpc) is 3.10. The maximum Gasteiger partial charge on any atom is 0.338 e. The van der Waals surface area contributed by atoms with Gasteiger partial charge in [-0.25, -0.2) is 9.18 Å². The fraction of sp³-hybridized carbons (Fsp3) is 0.250. The maximum atomic E-state index is 13.7. The zero-order chi connectivity index (χ0) is 17.6. The third kappa shape index (κ3) is 2.61. The summed E-state index contributed by atoms with van der Waals surface area (Å²) in [7, 11) is 1.37. The first-order valence-corrected chi connectivity index (χ1v) is 8.57. The number of allylic oxidation sites excluding steroid dienone is 2. The standard InChI is InChI=1S/C20H17ClFNO2/c1-25-20(24)15-8-9-16(21)19-17(15)13-6-3-7-14(13)18(23-19)11-4-2-5-12(22)10-11/h2-6,8-10,13-14,18,23H,7H2,1H3/t13-,14-,18-/m0/s1. The lowest BCUT2D eigenvalue weighted by Gasteiger charge is -2.38. The molecule has 0 radical (unpaired) electrons. The number of hydrogen-bond acceptors (Lipinski definition) is 3. The van der Waals surface area contributed by atoms with Gasteiger partial charge in [0.05, 0.1) is 29.4 Å². The van der Waals surface area contributed by atoms with Gasteiger partial charge in [0.2, 0.25) is 0 Å². The molecule has 0 saturated heterocycles. The van der Waals surface area contributed by atoms with Crippen molar-refractivity contribution in [1.29, 1.82) is 0 Å². The van der Waals surface area contributed by atoms with Gasteiger partial charge < -0.3 is 10.1 Å². The third-order valence-electron chi connectivity index (χ3n) is 5.08. The predicted octanol–water partition coefficient (Wildman–Crippen LogP) is 5.09. The number of rotatable bonds is 2. The molecule has 2 aromatic carbocycles. The van der Waals surface area contributed by atoms with E-state index in [-0.39, 0.29) is 29.7 Å². The molecule has 0 saturated carbocycles. The Labute approximate surface area is 150 Å². The summed E-state index contributed by atoms with van der Waals surface area (Å²) >= 11 is 6.42. The van der Waals surface area contributed by atoms with Crippen molar-refractivity contribution in [3.63, 3.8) is 0 Å². The number of carbonyl (C=O) groups excluding carboxylic acids is 1. The number of carbonyl (C=O) groups is 1. The minimum atomic E-state index is -0.377.